The number of rotatable bonds is 9. The van der Waals surface area contributed by atoms with Gasteiger partial charge in [-0.2, -0.15) is 128 Å². The van der Waals surface area contributed by atoms with Crippen LogP contribution < -0.4 is 42.7 Å². The van der Waals surface area contributed by atoms with Gasteiger partial charge in [0.2, 0.25) is 38.0 Å². The fourth-order valence-electron chi connectivity index (χ4n) is 13.9. The molecule has 0 atom stereocenters. The van der Waals surface area contributed by atoms with Crippen molar-refractivity contribution in [3.05, 3.63) is 464 Å². The van der Waals surface area contributed by atoms with E-state index in [0.29, 0.717) is 17.2 Å². The van der Waals surface area contributed by atoms with Crippen LogP contribution in [0.15, 0.2) is 384 Å². The van der Waals surface area contributed by atoms with Crippen LogP contribution in [-0.2, 0) is 109 Å². The zero-order chi connectivity index (χ0) is 91.7. The summed E-state index contributed by atoms with van der Waals surface area (Å²) >= 11 is 0. The second-order valence-electron chi connectivity index (χ2n) is 29.6. The standard InChI is InChI=1S/6C14H11N2.C9H5F3N3.C8H6N3.C6H4N5.3Ir/c6*1-15-9-10-16(11-15)14-8-4-6-12-5-2-3-7-13(12)14;10-9(11,12)8-5-7(14-15-8)6-3-1-2-4-13-6;1-2-5-9-7(3-1)8-4-6-10-11-8;1-2-4-7-5(3-1)6-8-10-11-9-6;;;/h6*2-7,9-10H,1H3;1-5H;1-6H;1-4H;;;/q9*-1;;;. The van der Waals surface area contributed by atoms with E-state index in [9.17, 15) is 13.2 Å². The number of fused-ring (bicyclic) bond motifs is 6. The summed E-state index contributed by atoms with van der Waals surface area (Å²) in [6.07, 6.45) is 44.9. The van der Waals surface area contributed by atoms with Crippen molar-refractivity contribution in [3.63, 3.8) is 0 Å². The second-order valence-corrected chi connectivity index (χ2v) is 29.6. The van der Waals surface area contributed by atoms with Crippen molar-refractivity contribution in [2.75, 3.05) is 0 Å². The minimum absolute atomic E-state index is 0. The molecule has 0 amide bonds. The Kier molecular flexibility index (Phi) is 34.1. The molecule has 12 heterocycles. The molecule has 0 unspecified atom stereocenters. The number of tetrazole rings is 1. The van der Waals surface area contributed by atoms with E-state index < -0.39 is 11.9 Å². The van der Waals surface area contributed by atoms with Gasteiger partial charge in [0, 0.05) is 171 Å². The topological polar surface area (TPSA) is 198 Å². The molecular weight excluding hydrogens is 2240 g/mol. The van der Waals surface area contributed by atoms with Crippen LogP contribution in [0.3, 0.4) is 0 Å². The molecule has 0 spiro atoms. The number of halogens is 3. The first kappa shape index (κ1) is 97.7. The maximum Gasteiger partial charge on any atom is 0.431 e. The zero-order valence-corrected chi connectivity index (χ0v) is 81.0. The molecule has 12 aromatic heterocycles. The summed E-state index contributed by atoms with van der Waals surface area (Å²) in [7, 11) is 11.8. The quantitative estimate of drug-likeness (QED) is 0.0984. The Bertz CT molecular complexity index is 6830. The zero-order valence-electron chi connectivity index (χ0n) is 73.8. The van der Waals surface area contributed by atoms with Gasteiger partial charge in [-0.3, -0.25) is 25.3 Å². The first-order valence-electron chi connectivity index (χ1n) is 41.7. The van der Waals surface area contributed by atoms with Gasteiger partial charge in [-0.15, -0.1) is 101 Å². The molecule has 3 radical (unpaired) electrons. The molecule has 0 aliphatic carbocycles. The molecule has 0 fully saturated rings. The van der Waals surface area contributed by atoms with Crippen molar-refractivity contribution in [2.45, 2.75) is 6.18 Å². The van der Waals surface area contributed by atoms with Crippen LogP contribution in [0.1, 0.15) is 5.69 Å². The summed E-state index contributed by atoms with van der Waals surface area (Å²) in [6, 6.07) is 112. The molecule has 681 valence electrons. The third-order valence-corrected chi connectivity index (χ3v) is 20.2. The normalized spacial score (nSPS) is 10.5. The van der Waals surface area contributed by atoms with Gasteiger partial charge in [-0.1, -0.05) is 179 Å². The predicted octanol–water partition coefficient (Wildman–Crippen LogP) is 15.4. The Morgan fingerprint density at radius 2 is 0.551 bits per heavy atom. The van der Waals surface area contributed by atoms with E-state index in [1.165, 1.54) is 70.8 Å². The summed E-state index contributed by atoms with van der Waals surface area (Å²) < 4.78 is 59.7. The number of imidazole rings is 6. The van der Waals surface area contributed by atoms with Crippen LogP contribution in [0.5, 0.6) is 0 Å². The van der Waals surface area contributed by atoms with Crippen LogP contribution in [-0.4, -0.2) is 68.1 Å². The van der Waals surface area contributed by atoms with Gasteiger partial charge in [0.15, 0.2) is 0 Å². The molecule has 0 aliphatic heterocycles. The van der Waals surface area contributed by atoms with Crippen LogP contribution in [0.25, 0.3) is 133 Å². The van der Waals surface area contributed by atoms with E-state index in [1.807, 2.05) is 317 Å². The van der Waals surface area contributed by atoms with E-state index in [2.05, 4.69) is 240 Å². The number of hydrogen-bond donors (Lipinski definition) is 0. The Morgan fingerprint density at radius 1 is 0.287 bits per heavy atom. The Morgan fingerprint density at radius 3 is 0.772 bits per heavy atom. The monoisotopic (exact) mass is 2320 g/mol. The van der Waals surface area contributed by atoms with E-state index in [-0.39, 0.29) is 66.0 Å². The molecule has 24 aromatic rings. The first-order chi connectivity index (χ1) is 65.1. The number of pyridine rings is 3. The molecule has 0 N–H and O–H groups in total. The summed E-state index contributed by atoms with van der Waals surface area (Å²) in [5.41, 5.74) is 8.13. The second kappa shape index (κ2) is 47.5. The predicted molar refractivity (Wildman–Crippen MR) is 496 cm³/mol. The molecule has 0 aliphatic rings. The van der Waals surface area contributed by atoms with Gasteiger partial charge >= 0.3 is 6.18 Å². The van der Waals surface area contributed by atoms with Crippen LogP contribution in [0.2, 0.25) is 0 Å². The van der Waals surface area contributed by atoms with Gasteiger partial charge in [-0.25, -0.2) is 0 Å². The van der Waals surface area contributed by atoms with E-state index >= 15 is 0 Å². The van der Waals surface area contributed by atoms with Crippen molar-refractivity contribution in [1.82, 2.24) is 83.4 Å². The minimum Gasteiger partial charge on any atom is -0.574 e. The van der Waals surface area contributed by atoms with Gasteiger partial charge in [0.25, 0.3) is 0 Å². The van der Waals surface area contributed by atoms with Gasteiger partial charge in [0.05, 0.1) is 53.8 Å². The van der Waals surface area contributed by atoms with Gasteiger partial charge < -0.3 is 80.3 Å². The van der Waals surface area contributed by atoms with Crippen LogP contribution in [0.4, 0.5) is 13.2 Å². The van der Waals surface area contributed by atoms with Crippen molar-refractivity contribution in [2.24, 2.45) is 42.3 Å². The molecule has 12 aromatic carbocycles. The number of benzene rings is 12. The van der Waals surface area contributed by atoms with Crippen molar-refractivity contribution >= 4 is 64.6 Å². The summed E-state index contributed by atoms with van der Waals surface area (Å²) in [5, 5.41) is 42.5. The molecule has 24 rings (SSSR count). The fraction of sp³-hybridized carbons (Fsp3) is 0.0654. The summed E-state index contributed by atoms with van der Waals surface area (Å²) in [5.74, 6) is 0.464. The van der Waals surface area contributed by atoms with Gasteiger partial charge in [-0.05, 0) is 42.5 Å². The fourth-order valence-corrected chi connectivity index (χ4v) is 13.9. The van der Waals surface area contributed by atoms with E-state index in [1.54, 1.807) is 42.9 Å². The Hall–Kier alpha value is -15.9. The number of nitrogens with zero attached hydrogens (tertiary/aromatic N) is 23. The number of aryl methyl sites for hydroxylation is 6. The summed E-state index contributed by atoms with van der Waals surface area (Å²) in [6.45, 7) is 0. The average Bonchev–Trinajstić information content (AvgIpc) is 1.61. The van der Waals surface area contributed by atoms with Crippen LogP contribution >= 0.6 is 0 Å². The summed E-state index contributed by atoms with van der Waals surface area (Å²) in [4.78, 5) is 12.0. The third kappa shape index (κ3) is 25.3. The van der Waals surface area contributed by atoms with E-state index in [0.717, 1.165) is 51.6 Å². The minimum atomic E-state index is -4.46. The SMILES string of the molecule is C[n+]1[c-]n(-c2[c-]ccc3ccccc23)cc1.C[n+]1[c-]n(-c2[c-]ccc3ccccc23)cc1.C[n+]1[c-]n(-c2[c-]ccc3ccccc23)cc1.C[n+]1[c-]n(-c2[c-]ccc3ccccc23)cc1.C[n+]1[c-]n(-c2[c-]ccc3ccccc23)cc1.C[n+]1[c-]n(-c2[c-]ccc3ccccc23)cc1.FC(F)(F)c1cc(-c2ccccn2)[n-]n1.[Ir].[Ir].[Ir].c1ccc(-c2ccn[n-]2)nc1.c1ccc(-c2nnn[n-]2)nc1. The maximum atomic E-state index is 12.2. The Balaban J connectivity index is 0.000000129. The first-order valence-corrected chi connectivity index (χ1v) is 41.7. The van der Waals surface area contributed by atoms with Crippen molar-refractivity contribution in [3.8, 4) is 68.4 Å². The van der Waals surface area contributed by atoms with Crippen molar-refractivity contribution in [1.29, 1.82) is 0 Å². The molecular formula is C107H81F3Ir3N23-9. The van der Waals surface area contributed by atoms with Crippen LogP contribution in [0, 0.1) is 74.4 Å². The van der Waals surface area contributed by atoms with Gasteiger partial charge in [0.1, 0.15) is 5.69 Å². The Labute approximate surface area is 823 Å². The molecule has 0 saturated carbocycles. The molecule has 0 bridgehead atoms. The third-order valence-electron chi connectivity index (χ3n) is 20.2. The average molecular weight is 2320 g/mol. The van der Waals surface area contributed by atoms with E-state index in [4.69, 9.17) is 0 Å². The number of aromatic nitrogens is 23. The largest absolute Gasteiger partial charge is 0.574 e. The molecule has 29 heteroatoms. The maximum absolute atomic E-state index is 12.2. The van der Waals surface area contributed by atoms with Crippen molar-refractivity contribution < 1.29 is 101 Å². The number of alkyl halides is 3. The number of hydrogen-bond acceptors (Lipinski definition) is 8. The molecule has 0 saturated heterocycles. The molecule has 136 heavy (non-hydrogen) atoms. The molecule has 23 nitrogen and oxygen atoms in total. The smallest absolute Gasteiger partial charge is 0.431 e.